The van der Waals surface area contributed by atoms with Gasteiger partial charge in [-0.1, -0.05) is 50.2 Å². The molecule has 1 atom stereocenters. The summed E-state index contributed by atoms with van der Waals surface area (Å²) < 4.78 is 21.3. The number of hydrogen-bond donors (Lipinski definition) is 3. The molecule has 0 radical (unpaired) electrons. The standard InChI is InChI=1S/C23H30NO7P/c1-15-11-16(2)21(19(12-15)31-32(27,28)29)23(3,4)14-20(25)24-18(22(26)30-5)13-17-9-7-6-8-10-17/h6-12,18H,13-14H2,1-5H3,(H,24,25)(H2,27,28,29)/t18-/m0/s1. The van der Waals surface area contributed by atoms with Crippen molar-refractivity contribution in [3.05, 3.63) is 64.7 Å². The Kier molecular flexibility index (Phi) is 8.24. The third-order valence-electron chi connectivity index (χ3n) is 5.04. The van der Waals surface area contributed by atoms with E-state index in [9.17, 15) is 23.9 Å². The van der Waals surface area contributed by atoms with Crippen molar-refractivity contribution in [2.75, 3.05) is 7.11 Å². The van der Waals surface area contributed by atoms with Crippen molar-refractivity contribution in [3.8, 4) is 5.75 Å². The van der Waals surface area contributed by atoms with Crippen LogP contribution in [-0.4, -0.2) is 34.8 Å². The molecule has 2 rings (SSSR count). The molecule has 32 heavy (non-hydrogen) atoms. The second-order valence-corrected chi connectivity index (χ2v) is 9.59. The lowest BCUT2D eigenvalue weighted by atomic mass is 9.78. The van der Waals surface area contributed by atoms with Crippen LogP contribution in [0.5, 0.6) is 5.75 Å². The van der Waals surface area contributed by atoms with E-state index in [-0.39, 0.29) is 18.6 Å². The Bertz CT molecular complexity index is 1010. The number of benzene rings is 2. The topological polar surface area (TPSA) is 122 Å². The van der Waals surface area contributed by atoms with Crippen molar-refractivity contribution in [3.63, 3.8) is 0 Å². The summed E-state index contributed by atoms with van der Waals surface area (Å²) in [4.78, 5) is 43.8. The van der Waals surface area contributed by atoms with Gasteiger partial charge < -0.3 is 14.6 Å². The second-order valence-electron chi connectivity index (χ2n) is 8.43. The van der Waals surface area contributed by atoms with Gasteiger partial charge in [0, 0.05) is 23.8 Å². The van der Waals surface area contributed by atoms with Crippen LogP contribution >= 0.6 is 7.82 Å². The predicted octanol–water partition coefficient (Wildman–Crippen LogP) is 3.34. The van der Waals surface area contributed by atoms with Crippen LogP contribution in [0.1, 0.15) is 42.5 Å². The van der Waals surface area contributed by atoms with Gasteiger partial charge in [0.15, 0.2) is 0 Å². The molecule has 8 nitrogen and oxygen atoms in total. The largest absolute Gasteiger partial charge is 0.524 e. The molecule has 0 fully saturated rings. The van der Waals surface area contributed by atoms with E-state index in [2.05, 4.69) is 5.32 Å². The SMILES string of the molecule is COC(=O)[C@H](Cc1ccccc1)NC(=O)CC(C)(C)c1c(C)cc(C)cc1OP(=O)(O)O. The van der Waals surface area contributed by atoms with Crippen LogP contribution < -0.4 is 9.84 Å². The molecule has 2 aromatic rings. The maximum Gasteiger partial charge on any atom is 0.524 e. The summed E-state index contributed by atoms with van der Waals surface area (Å²) in [5.41, 5.74) is 2.04. The van der Waals surface area contributed by atoms with Crippen LogP contribution in [0, 0.1) is 13.8 Å². The van der Waals surface area contributed by atoms with E-state index in [1.807, 2.05) is 36.4 Å². The highest BCUT2D eigenvalue weighted by molar-refractivity contribution is 7.46. The zero-order chi connectivity index (χ0) is 24.1. The number of amides is 1. The first-order valence-corrected chi connectivity index (χ1v) is 11.6. The summed E-state index contributed by atoms with van der Waals surface area (Å²) in [7, 11) is -3.54. The molecule has 9 heteroatoms. The highest BCUT2D eigenvalue weighted by Crippen LogP contribution is 2.45. The molecule has 3 N–H and O–H groups in total. The fourth-order valence-corrected chi connectivity index (χ4v) is 4.32. The molecule has 174 valence electrons. The number of phosphoric ester groups is 1. The Morgan fingerprint density at radius 2 is 1.75 bits per heavy atom. The smallest absolute Gasteiger partial charge is 0.467 e. The Morgan fingerprint density at radius 3 is 2.31 bits per heavy atom. The first-order valence-electron chi connectivity index (χ1n) is 10.1. The molecule has 0 aliphatic rings. The molecule has 0 spiro atoms. The van der Waals surface area contributed by atoms with Gasteiger partial charge in [-0.05, 0) is 36.6 Å². The lowest BCUT2D eigenvalue weighted by Gasteiger charge is -2.30. The van der Waals surface area contributed by atoms with Crippen molar-refractivity contribution in [2.24, 2.45) is 0 Å². The minimum absolute atomic E-state index is 0.0300. The van der Waals surface area contributed by atoms with Crippen molar-refractivity contribution >= 4 is 19.7 Å². The number of carbonyl (C=O) groups is 2. The van der Waals surface area contributed by atoms with E-state index in [1.165, 1.54) is 13.2 Å². The quantitative estimate of drug-likeness (QED) is 0.385. The minimum Gasteiger partial charge on any atom is -0.467 e. The molecule has 1 amide bonds. The maximum atomic E-state index is 12.9. The van der Waals surface area contributed by atoms with Crippen LogP contribution in [-0.2, 0) is 30.7 Å². The molecule has 0 bridgehead atoms. The van der Waals surface area contributed by atoms with E-state index in [0.29, 0.717) is 5.56 Å². The van der Waals surface area contributed by atoms with Gasteiger partial charge in [0.25, 0.3) is 0 Å². The monoisotopic (exact) mass is 463 g/mol. The highest BCUT2D eigenvalue weighted by Gasteiger charge is 2.33. The summed E-state index contributed by atoms with van der Waals surface area (Å²) in [5, 5.41) is 2.73. The van der Waals surface area contributed by atoms with Gasteiger partial charge in [0.1, 0.15) is 11.8 Å². The average Bonchev–Trinajstić information content (AvgIpc) is 2.64. The van der Waals surface area contributed by atoms with Crippen molar-refractivity contribution in [2.45, 2.75) is 52.0 Å². The van der Waals surface area contributed by atoms with E-state index in [1.54, 1.807) is 27.7 Å². The number of aryl methyl sites for hydroxylation is 2. The predicted molar refractivity (Wildman–Crippen MR) is 120 cm³/mol. The summed E-state index contributed by atoms with van der Waals surface area (Å²) in [6.07, 6.45) is 0.229. The number of ether oxygens (including phenoxy) is 1. The molecule has 0 aliphatic heterocycles. The van der Waals surface area contributed by atoms with E-state index < -0.39 is 31.2 Å². The number of esters is 1. The second kappa shape index (κ2) is 10.3. The zero-order valence-corrected chi connectivity index (χ0v) is 19.8. The highest BCUT2D eigenvalue weighted by atomic mass is 31.2. The van der Waals surface area contributed by atoms with Gasteiger partial charge in [0.2, 0.25) is 5.91 Å². The number of phosphoric acid groups is 1. The molecule has 0 saturated carbocycles. The fourth-order valence-electron chi connectivity index (χ4n) is 3.92. The Morgan fingerprint density at radius 1 is 1.12 bits per heavy atom. The minimum atomic E-state index is -4.80. The lowest BCUT2D eigenvalue weighted by Crippen LogP contribution is -2.44. The Labute approximate surface area is 188 Å². The number of nitrogens with one attached hydrogen (secondary N) is 1. The average molecular weight is 463 g/mol. The summed E-state index contributed by atoms with van der Waals surface area (Å²) in [6.45, 7) is 7.14. The van der Waals surface area contributed by atoms with E-state index in [4.69, 9.17) is 9.26 Å². The number of hydrogen-bond acceptors (Lipinski definition) is 5. The van der Waals surface area contributed by atoms with Crippen LogP contribution in [0.15, 0.2) is 42.5 Å². The van der Waals surface area contributed by atoms with Gasteiger partial charge in [-0.15, -0.1) is 0 Å². The summed E-state index contributed by atoms with van der Waals surface area (Å²) >= 11 is 0. The van der Waals surface area contributed by atoms with Gasteiger partial charge >= 0.3 is 13.8 Å². The summed E-state index contributed by atoms with van der Waals surface area (Å²) in [6, 6.07) is 11.8. The summed E-state index contributed by atoms with van der Waals surface area (Å²) in [5.74, 6) is -0.928. The molecule has 0 unspecified atom stereocenters. The van der Waals surface area contributed by atoms with Crippen molar-refractivity contribution in [1.82, 2.24) is 5.32 Å². The van der Waals surface area contributed by atoms with E-state index >= 15 is 0 Å². The van der Waals surface area contributed by atoms with E-state index in [0.717, 1.165) is 16.7 Å². The number of methoxy groups -OCH3 is 1. The molecular formula is C23H30NO7P. The molecule has 2 aromatic carbocycles. The Balaban J connectivity index is 2.27. The molecular weight excluding hydrogens is 433 g/mol. The van der Waals surface area contributed by atoms with Crippen LogP contribution in [0.3, 0.4) is 0 Å². The van der Waals surface area contributed by atoms with Gasteiger partial charge in [0.05, 0.1) is 7.11 Å². The fraction of sp³-hybridized carbons (Fsp3) is 0.391. The normalized spacial score (nSPS) is 12.7. The van der Waals surface area contributed by atoms with Crippen LogP contribution in [0.2, 0.25) is 0 Å². The third kappa shape index (κ3) is 7.19. The maximum absolute atomic E-state index is 12.9. The molecule has 0 aliphatic carbocycles. The molecule has 0 aromatic heterocycles. The first-order chi connectivity index (χ1) is 14.8. The lowest BCUT2D eigenvalue weighted by molar-refractivity contribution is -0.145. The Hall–Kier alpha value is -2.67. The van der Waals surface area contributed by atoms with Crippen molar-refractivity contribution in [1.29, 1.82) is 0 Å². The third-order valence-corrected chi connectivity index (χ3v) is 5.48. The molecule has 0 heterocycles. The van der Waals surface area contributed by atoms with Crippen LogP contribution in [0.25, 0.3) is 0 Å². The van der Waals surface area contributed by atoms with Crippen molar-refractivity contribution < 1.29 is 33.2 Å². The number of rotatable bonds is 9. The van der Waals surface area contributed by atoms with Gasteiger partial charge in [-0.3, -0.25) is 14.6 Å². The number of carbonyl (C=O) groups excluding carboxylic acids is 2. The van der Waals surface area contributed by atoms with Crippen LogP contribution in [0.4, 0.5) is 0 Å². The molecule has 0 saturated heterocycles. The van der Waals surface area contributed by atoms with Gasteiger partial charge in [-0.2, -0.15) is 0 Å². The zero-order valence-electron chi connectivity index (χ0n) is 18.9. The van der Waals surface area contributed by atoms with Gasteiger partial charge in [-0.25, -0.2) is 9.36 Å². The first kappa shape index (κ1) is 25.6.